The molecular weight excluding hydrogens is 356 g/mol. The summed E-state index contributed by atoms with van der Waals surface area (Å²) in [4.78, 5) is 36.2. The molecule has 0 aliphatic rings. The lowest BCUT2D eigenvalue weighted by Crippen LogP contribution is -2.37. The van der Waals surface area contributed by atoms with E-state index in [0.717, 1.165) is 4.88 Å². The van der Waals surface area contributed by atoms with Gasteiger partial charge >= 0.3 is 5.97 Å². The minimum absolute atomic E-state index is 0.0555. The van der Waals surface area contributed by atoms with Crippen LogP contribution in [0.2, 0.25) is 0 Å². The molecule has 26 heavy (non-hydrogen) atoms. The van der Waals surface area contributed by atoms with Crippen molar-refractivity contribution in [2.24, 2.45) is 0 Å². The Kier molecular flexibility index (Phi) is 6.74. The molecule has 1 aromatic carbocycles. The van der Waals surface area contributed by atoms with Crippen LogP contribution in [0.15, 0.2) is 41.8 Å². The van der Waals surface area contributed by atoms with E-state index in [2.05, 4.69) is 10.6 Å². The lowest BCUT2D eigenvalue weighted by Gasteiger charge is -2.19. The average molecular weight is 376 g/mol. The Labute approximate surface area is 155 Å². The molecule has 2 atom stereocenters. The fourth-order valence-electron chi connectivity index (χ4n) is 2.45. The van der Waals surface area contributed by atoms with Gasteiger partial charge in [-0.2, -0.15) is 0 Å². The van der Waals surface area contributed by atoms with E-state index in [1.165, 1.54) is 25.4 Å². The van der Waals surface area contributed by atoms with Gasteiger partial charge in [0, 0.05) is 11.8 Å². The van der Waals surface area contributed by atoms with E-state index in [4.69, 9.17) is 4.74 Å². The van der Waals surface area contributed by atoms with Gasteiger partial charge in [-0.05, 0) is 29.1 Å². The second-order valence-electron chi connectivity index (χ2n) is 5.58. The molecule has 7 nitrogen and oxygen atoms in total. The highest BCUT2D eigenvalue weighted by atomic mass is 32.1. The summed E-state index contributed by atoms with van der Waals surface area (Å²) in [7, 11) is 1.51. The molecule has 0 saturated carbocycles. The molecule has 2 unspecified atom stereocenters. The third kappa shape index (κ3) is 5.32. The van der Waals surface area contributed by atoms with Crippen LogP contribution in [0.25, 0.3) is 0 Å². The second kappa shape index (κ2) is 9.00. The Bertz CT molecular complexity index is 758. The molecule has 0 saturated heterocycles. The highest BCUT2D eigenvalue weighted by Gasteiger charge is 2.25. The third-order valence-electron chi connectivity index (χ3n) is 3.66. The lowest BCUT2D eigenvalue weighted by molar-refractivity contribution is -0.142. The monoisotopic (exact) mass is 376 g/mol. The van der Waals surface area contributed by atoms with Gasteiger partial charge in [-0.3, -0.25) is 9.59 Å². The van der Waals surface area contributed by atoms with Crippen molar-refractivity contribution in [2.75, 3.05) is 7.11 Å². The summed E-state index contributed by atoms with van der Waals surface area (Å²) in [6, 6.07) is 8.38. The molecule has 0 radical (unpaired) electrons. The van der Waals surface area contributed by atoms with E-state index in [-0.39, 0.29) is 12.3 Å². The van der Waals surface area contributed by atoms with Crippen LogP contribution < -0.4 is 15.4 Å². The summed E-state index contributed by atoms with van der Waals surface area (Å²) >= 11 is 1.42. The third-order valence-corrected chi connectivity index (χ3v) is 4.64. The topological polar surface area (TPSA) is 105 Å². The SMILES string of the molecule is COc1ccc(C(NC(=O)CC(NC(C)=O)c2cccs2)C(=O)O)cc1. The highest BCUT2D eigenvalue weighted by Crippen LogP contribution is 2.23. The van der Waals surface area contributed by atoms with Crippen molar-refractivity contribution in [1.82, 2.24) is 10.6 Å². The molecule has 2 amide bonds. The maximum atomic E-state index is 12.4. The van der Waals surface area contributed by atoms with Crippen molar-refractivity contribution in [2.45, 2.75) is 25.4 Å². The Morgan fingerprint density at radius 2 is 1.85 bits per heavy atom. The van der Waals surface area contributed by atoms with Gasteiger partial charge in [-0.1, -0.05) is 18.2 Å². The van der Waals surface area contributed by atoms with E-state index in [9.17, 15) is 19.5 Å². The van der Waals surface area contributed by atoms with Crippen LogP contribution in [0.3, 0.4) is 0 Å². The van der Waals surface area contributed by atoms with Gasteiger partial charge in [0.1, 0.15) is 5.75 Å². The van der Waals surface area contributed by atoms with Gasteiger partial charge in [0.05, 0.1) is 19.6 Å². The number of carboxylic acids is 1. The smallest absolute Gasteiger partial charge is 0.330 e. The minimum Gasteiger partial charge on any atom is -0.497 e. The van der Waals surface area contributed by atoms with Crippen LogP contribution in [0.5, 0.6) is 5.75 Å². The Morgan fingerprint density at radius 3 is 2.35 bits per heavy atom. The number of rotatable bonds is 8. The van der Waals surface area contributed by atoms with Crippen molar-refractivity contribution in [1.29, 1.82) is 0 Å². The highest BCUT2D eigenvalue weighted by molar-refractivity contribution is 7.10. The maximum absolute atomic E-state index is 12.4. The number of thiophene rings is 1. The number of carbonyl (C=O) groups is 3. The summed E-state index contributed by atoms with van der Waals surface area (Å²) < 4.78 is 5.05. The quantitative estimate of drug-likeness (QED) is 0.655. The number of aliphatic carboxylic acids is 1. The lowest BCUT2D eigenvalue weighted by atomic mass is 10.1. The van der Waals surface area contributed by atoms with Crippen LogP contribution in [-0.2, 0) is 14.4 Å². The number of nitrogens with one attached hydrogen (secondary N) is 2. The number of ether oxygens (including phenoxy) is 1. The van der Waals surface area contributed by atoms with Crippen LogP contribution >= 0.6 is 11.3 Å². The largest absolute Gasteiger partial charge is 0.497 e. The second-order valence-corrected chi connectivity index (χ2v) is 6.56. The molecular formula is C18H20N2O5S. The van der Waals surface area contributed by atoms with Gasteiger partial charge in [-0.25, -0.2) is 4.79 Å². The van der Waals surface area contributed by atoms with Gasteiger partial charge < -0.3 is 20.5 Å². The van der Waals surface area contributed by atoms with Gasteiger partial charge in [0.2, 0.25) is 11.8 Å². The van der Waals surface area contributed by atoms with Crippen molar-refractivity contribution in [3.05, 3.63) is 52.2 Å². The summed E-state index contributed by atoms with van der Waals surface area (Å²) in [5.41, 5.74) is 0.429. The van der Waals surface area contributed by atoms with E-state index in [1.807, 2.05) is 17.5 Å². The van der Waals surface area contributed by atoms with Crippen LogP contribution in [0.4, 0.5) is 0 Å². The first kappa shape index (κ1) is 19.5. The van der Waals surface area contributed by atoms with E-state index in [0.29, 0.717) is 11.3 Å². The van der Waals surface area contributed by atoms with Gasteiger partial charge in [0.25, 0.3) is 0 Å². The number of benzene rings is 1. The summed E-state index contributed by atoms with van der Waals surface area (Å²) in [5.74, 6) is -1.31. The number of hydrogen-bond acceptors (Lipinski definition) is 5. The standard InChI is InChI=1S/C18H20N2O5S/c1-11(21)19-14(15-4-3-9-26-15)10-16(22)20-17(18(23)24)12-5-7-13(25-2)8-6-12/h3-9,14,17H,10H2,1-2H3,(H,19,21)(H,20,22)(H,23,24). The van der Waals surface area contributed by atoms with Crippen molar-refractivity contribution < 1.29 is 24.2 Å². The number of carbonyl (C=O) groups excluding carboxylic acids is 2. The van der Waals surface area contributed by atoms with Crippen LogP contribution in [-0.4, -0.2) is 30.0 Å². The molecule has 0 aliphatic carbocycles. The molecule has 0 bridgehead atoms. The summed E-state index contributed by atoms with van der Waals surface area (Å²) in [6.07, 6.45) is -0.0555. The van der Waals surface area contributed by atoms with E-state index >= 15 is 0 Å². The fourth-order valence-corrected chi connectivity index (χ4v) is 3.22. The summed E-state index contributed by atoms with van der Waals surface area (Å²) in [6.45, 7) is 1.37. The number of hydrogen-bond donors (Lipinski definition) is 3. The molecule has 0 fully saturated rings. The fraction of sp³-hybridized carbons (Fsp3) is 0.278. The van der Waals surface area contributed by atoms with E-state index < -0.39 is 24.0 Å². The minimum atomic E-state index is -1.19. The Balaban J connectivity index is 2.10. The number of carboxylic acid groups (broad SMARTS) is 1. The maximum Gasteiger partial charge on any atom is 0.330 e. The molecule has 0 spiro atoms. The zero-order valence-electron chi connectivity index (χ0n) is 14.4. The predicted molar refractivity (Wildman–Crippen MR) is 97.0 cm³/mol. The van der Waals surface area contributed by atoms with Gasteiger partial charge in [-0.15, -0.1) is 11.3 Å². The molecule has 2 rings (SSSR count). The number of methoxy groups -OCH3 is 1. The summed E-state index contributed by atoms with van der Waals surface area (Å²) in [5, 5.41) is 16.5. The normalized spacial score (nSPS) is 12.7. The van der Waals surface area contributed by atoms with E-state index in [1.54, 1.807) is 24.3 Å². The van der Waals surface area contributed by atoms with Crippen molar-refractivity contribution >= 4 is 29.1 Å². The predicted octanol–water partition coefficient (Wildman–Crippen LogP) is 2.27. The van der Waals surface area contributed by atoms with Gasteiger partial charge in [0.15, 0.2) is 6.04 Å². The first-order valence-electron chi connectivity index (χ1n) is 7.87. The molecule has 3 N–H and O–H groups in total. The Hall–Kier alpha value is -2.87. The molecule has 0 aliphatic heterocycles. The van der Waals surface area contributed by atoms with Crippen LogP contribution in [0.1, 0.15) is 35.9 Å². The zero-order chi connectivity index (χ0) is 19.1. The molecule has 1 aromatic heterocycles. The number of amides is 2. The molecule has 2 aromatic rings. The Morgan fingerprint density at radius 1 is 1.15 bits per heavy atom. The molecule has 1 heterocycles. The first-order chi connectivity index (χ1) is 12.4. The average Bonchev–Trinajstić information content (AvgIpc) is 3.13. The first-order valence-corrected chi connectivity index (χ1v) is 8.75. The molecule has 138 valence electrons. The van der Waals surface area contributed by atoms with Crippen LogP contribution in [0, 0.1) is 0 Å². The van der Waals surface area contributed by atoms with Crippen molar-refractivity contribution in [3.63, 3.8) is 0 Å². The molecule has 8 heteroatoms. The zero-order valence-corrected chi connectivity index (χ0v) is 15.2. The van der Waals surface area contributed by atoms with Crippen molar-refractivity contribution in [3.8, 4) is 5.75 Å².